The number of halogens is 3. The van der Waals surface area contributed by atoms with E-state index in [1.807, 2.05) is 20.8 Å². The SMILES string of the molecule is CC(C)(C)C#Cc1cc(C(F)(F)F)ccn1. The fraction of sp³-hybridized carbons (Fsp3) is 0.417. The summed E-state index contributed by atoms with van der Waals surface area (Å²) in [4.78, 5) is 3.78. The van der Waals surface area contributed by atoms with Crippen molar-refractivity contribution in [1.82, 2.24) is 4.98 Å². The normalized spacial score (nSPS) is 11.9. The molecule has 1 nitrogen and oxygen atoms in total. The second-order valence-electron chi connectivity index (χ2n) is 4.43. The Kier molecular flexibility index (Phi) is 3.27. The minimum Gasteiger partial charge on any atom is -0.248 e. The summed E-state index contributed by atoms with van der Waals surface area (Å²) in [6.45, 7) is 5.65. The van der Waals surface area contributed by atoms with E-state index in [0.717, 1.165) is 18.3 Å². The minimum absolute atomic E-state index is 0.143. The van der Waals surface area contributed by atoms with Crippen molar-refractivity contribution in [3.63, 3.8) is 0 Å². The van der Waals surface area contributed by atoms with Crippen LogP contribution in [0.3, 0.4) is 0 Å². The van der Waals surface area contributed by atoms with Crippen LogP contribution in [0.25, 0.3) is 0 Å². The first-order chi connectivity index (χ1) is 7.18. The van der Waals surface area contributed by atoms with Gasteiger partial charge in [-0.1, -0.05) is 5.92 Å². The van der Waals surface area contributed by atoms with Crippen LogP contribution in [-0.2, 0) is 6.18 Å². The summed E-state index contributed by atoms with van der Waals surface area (Å²) in [6, 6.07) is 1.89. The number of rotatable bonds is 0. The molecule has 1 aromatic heterocycles. The molecule has 0 aliphatic carbocycles. The molecule has 16 heavy (non-hydrogen) atoms. The number of alkyl halides is 3. The zero-order valence-electron chi connectivity index (χ0n) is 9.31. The Morgan fingerprint density at radius 3 is 2.31 bits per heavy atom. The maximum absolute atomic E-state index is 12.4. The molecule has 0 aliphatic rings. The molecule has 0 aromatic carbocycles. The van der Waals surface area contributed by atoms with Crippen LogP contribution in [0.5, 0.6) is 0 Å². The zero-order valence-corrected chi connectivity index (χ0v) is 9.31. The topological polar surface area (TPSA) is 12.9 Å². The van der Waals surface area contributed by atoms with Crippen molar-refractivity contribution in [2.45, 2.75) is 26.9 Å². The first-order valence-electron chi connectivity index (χ1n) is 4.75. The van der Waals surface area contributed by atoms with Gasteiger partial charge in [-0.25, -0.2) is 4.98 Å². The molecule has 1 heterocycles. The molecule has 0 N–H and O–H groups in total. The molecule has 4 heteroatoms. The van der Waals surface area contributed by atoms with Crippen LogP contribution in [0.1, 0.15) is 32.0 Å². The molecule has 0 radical (unpaired) electrons. The molecular weight excluding hydrogens is 215 g/mol. The van der Waals surface area contributed by atoms with E-state index in [9.17, 15) is 13.2 Å². The van der Waals surface area contributed by atoms with Gasteiger partial charge in [0.2, 0.25) is 0 Å². The van der Waals surface area contributed by atoms with E-state index in [-0.39, 0.29) is 11.1 Å². The predicted octanol–water partition coefficient (Wildman–Crippen LogP) is 3.50. The Morgan fingerprint density at radius 2 is 1.81 bits per heavy atom. The van der Waals surface area contributed by atoms with Crippen LogP contribution in [0.15, 0.2) is 18.3 Å². The lowest BCUT2D eigenvalue weighted by molar-refractivity contribution is -0.137. The summed E-state index contributed by atoms with van der Waals surface area (Å²) in [5, 5.41) is 0. The highest BCUT2D eigenvalue weighted by Gasteiger charge is 2.30. The molecule has 0 saturated heterocycles. The van der Waals surface area contributed by atoms with Gasteiger partial charge in [-0.2, -0.15) is 13.2 Å². The third-order valence-corrected chi connectivity index (χ3v) is 1.65. The summed E-state index contributed by atoms with van der Waals surface area (Å²) < 4.78 is 37.1. The molecule has 1 rings (SSSR count). The average Bonchev–Trinajstić information content (AvgIpc) is 2.13. The standard InChI is InChI=1S/C12H12F3N/c1-11(2,3)6-4-10-8-9(5-7-16-10)12(13,14)15/h5,7-8H,1-3H3. The van der Waals surface area contributed by atoms with Crippen molar-refractivity contribution >= 4 is 0 Å². The fourth-order valence-corrected chi connectivity index (χ4v) is 0.927. The summed E-state index contributed by atoms with van der Waals surface area (Å²) >= 11 is 0. The van der Waals surface area contributed by atoms with Gasteiger partial charge in [0.25, 0.3) is 0 Å². The average molecular weight is 227 g/mol. The lowest BCUT2D eigenvalue weighted by Gasteiger charge is -2.07. The van der Waals surface area contributed by atoms with E-state index < -0.39 is 11.7 Å². The number of nitrogens with zero attached hydrogens (tertiary/aromatic N) is 1. The first kappa shape index (κ1) is 12.6. The monoisotopic (exact) mass is 227 g/mol. The molecule has 0 amide bonds. The van der Waals surface area contributed by atoms with Gasteiger partial charge in [-0.05, 0) is 38.8 Å². The highest BCUT2D eigenvalue weighted by atomic mass is 19.4. The summed E-state index contributed by atoms with van der Waals surface area (Å²) in [6.07, 6.45) is -3.23. The van der Waals surface area contributed by atoms with Crippen molar-refractivity contribution in [3.05, 3.63) is 29.6 Å². The van der Waals surface area contributed by atoms with E-state index in [1.54, 1.807) is 0 Å². The maximum atomic E-state index is 12.4. The summed E-state index contributed by atoms with van der Waals surface area (Å²) in [5.41, 5.74) is -0.832. The quantitative estimate of drug-likeness (QED) is 0.618. The Bertz CT molecular complexity index is 430. The van der Waals surface area contributed by atoms with Gasteiger partial charge >= 0.3 is 6.18 Å². The Balaban J connectivity index is 3.04. The third-order valence-electron chi connectivity index (χ3n) is 1.65. The maximum Gasteiger partial charge on any atom is 0.416 e. The van der Waals surface area contributed by atoms with Crippen LogP contribution in [-0.4, -0.2) is 4.98 Å². The van der Waals surface area contributed by atoms with Gasteiger partial charge < -0.3 is 0 Å². The Hall–Kier alpha value is -1.50. The third kappa shape index (κ3) is 3.93. The van der Waals surface area contributed by atoms with Crippen LogP contribution >= 0.6 is 0 Å². The lowest BCUT2D eigenvalue weighted by atomic mass is 9.98. The number of aromatic nitrogens is 1. The second-order valence-corrected chi connectivity index (χ2v) is 4.43. The summed E-state index contributed by atoms with van der Waals surface area (Å²) in [5.74, 6) is 5.47. The highest BCUT2D eigenvalue weighted by Crippen LogP contribution is 2.28. The molecule has 0 spiro atoms. The van der Waals surface area contributed by atoms with Crippen molar-refractivity contribution in [1.29, 1.82) is 0 Å². The number of pyridine rings is 1. The Labute approximate surface area is 92.7 Å². The number of hydrogen-bond acceptors (Lipinski definition) is 1. The van der Waals surface area contributed by atoms with Gasteiger partial charge in [0.05, 0.1) is 5.56 Å². The number of hydrogen-bond donors (Lipinski definition) is 0. The van der Waals surface area contributed by atoms with Gasteiger partial charge in [-0.3, -0.25) is 0 Å². The van der Waals surface area contributed by atoms with E-state index in [4.69, 9.17) is 0 Å². The van der Waals surface area contributed by atoms with E-state index in [2.05, 4.69) is 16.8 Å². The molecule has 0 fully saturated rings. The molecule has 0 atom stereocenters. The van der Waals surface area contributed by atoms with Gasteiger partial charge in [0.15, 0.2) is 0 Å². The van der Waals surface area contributed by atoms with Crippen LogP contribution in [0.4, 0.5) is 13.2 Å². The molecule has 1 aromatic rings. The van der Waals surface area contributed by atoms with Crippen LogP contribution < -0.4 is 0 Å². The van der Waals surface area contributed by atoms with Gasteiger partial charge in [-0.15, -0.1) is 0 Å². The molecular formula is C12H12F3N. The molecule has 86 valence electrons. The van der Waals surface area contributed by atoms with E-state index >= 15 is 0 Å². The van der Waals surface area contributed by atoms with Crippen LogP contribution in [0, 0.1) is 17.3 Å². The molecule has 0 bridgehead atoms. The largest absolute Gasteiger partial charge is 0.416 e. The molecule has 0 saturated carbocycles. The van der Waals surface area contributed by atoms with Crippen molar-refractivity contribution < 1.29 is 13.2 Å². The van der Waals surface area contributed by atoms with Crippen molar-refractivity contribution in [2.75, 3.05) is 0 Å². The predicted molar refractivity (Wildman–Crippen MR) is 55.6 cm³/mol. The fourth-order valence-electron chi connectivity index (χ4n) is 0.927. The van der Waals surface area contributed by atoms with Crippen LogP contribution in [0.2, 0.25) is 0 Å². The lowest BCUT2D eigenvalue weighted by Crippen LogP contribution is -2.05. The Morgan fingerprint density at radius 1 is 1.19 bits per heavy atom. The highest BCUT2D eigenvalue weighted by molar-refractivity contribution is 5.33. The van der Waals surface area contributed by atoms with Gasteiger partial charge in [0.1, 0.15) is 5.69 Å². The van der Waals surface area contributed by atoms with E-state index in [0.29, 0.717) is 0 Å². The minimum atomic E-state index is -4.35. The second kappa shape index (κ2) is 4.17. The first-order valence-corrected chi connectivity index (χ1v) is 4.75. The summed E-state index contributed by atoms with van der Waals surface area (Å²) in [7, 11) is 0. The van der Waals surface area contributed by atoms with Crippen molar-refractivity contribution in [3.8, 4) is 11.8 Å². The van der Waals surface area contributed by atoms with Gasteiger partial charge in [0, 0.05) is 11.6 Å². The molecule has 0 aliphatic heterocycles. The van der Waals surface area contributed by atoms with Crippen molar-refractivity contribution in [2.24, 2.45) is 5.41 Å². The zero-order chi connectivity index (χ0) is 12.4. The molecule has 0 unspecified atom stereocenters. The smallest absolute Gasteiger partial charge is 0.248 e. The van der Waals surface area contributed by atoms with E-state index in [1.165, 1.54) is 0 Å².